The lowest BCUT2D eigenvalue weighted by atomic mass is 9.69. The fraction of sp³-hybridized carbons (Fsp3) is 0.522. The smallest absolute Gasteiger partial charge is 0.143 e. The maximum atomic E-state index is 12.5. The molecule has 0 N–H and O–H groups in total. The maximum absolute atomic E-state index is 12.5. The highest BCUT2D eigenvalue weighted by atomic mass is 16.5. The summed E-state index contributed by atoms with van der Waals surface area (Å²) in [4.78, 5) is 12.5. The Morgan fingerprint density at radius 2 is 1.96 bits per heavy atom. The van der Waals surface area contributed by atoms with Gasteiger partial charge < -0.3 is 4.74 Å². The van der Waals surface area contributed by atoms with Crippen LogP contribution in [-0.4, -0.2) is 12.4 Å². The number of hydrogen-bond donors (Lipinski definition) is 0. The van der Waals surface area contributed by atoms with E-state index in [9.17, 15) is 4.79 Å². The monoisotopic (exact) mass is 338 g/mol. The first-order valence-corrected chi connectivity index (χ1v) is 9.62. The molecular formula is C23H30O2. The molecule has 3 rings (SSSR count). The minimum absolute atomic E-state index is 0.103. The van der Waals surface area contributed by atoms with Gasteiger partial charge in [-0.1, -0.05) is 63.6 Å². The van der Waals surface area contributed by atoms with Crippen LogP contribution in [0.1, 0.15) is 58.4 Å². The lowest BCUT2D eigenvalue weighted by molar-refractivity contribution is -0.126. The zero-order chi connectivity index (χ0) is 17.9. The van der Waals surface area contributed by atoms with Gasteiger partial charge in [-0.3, -0.25) is 4.79 Å². The van der Waals surface area contributed by atoms with Crippen LogP contribution in [0.25, 0.3) is 6.08 Å². The van der Waals surface area contributed by atoms with E-state index in [4.69, 9.17) is 4.74 Å². The maximum Gasteiger partial charge on any atom is 0.143 e. The predicted octanol–water partition coefficient (Wildman–Crippen LogP) is 5.83. The third-order valence-corrected chi connectivity index (χ3v) is 6.41. The average Bonchev–Trinajstić information content (AvgIpc) is 2.95. The number of allylic oxidation sites excluding steroid dienone is 3. The van der Waals surface area contributed by atoms with Crippen molar-refractivity contribution in [2.75, 3.05) is 6.61 Å². The van der Waals surface area contributed by atoms with Gasteiger partial charge in [0.05, 0.1) is 12.0 Å². The summed E-state index contributed by atoms with van der Waals surface area (Å²) < 4.78 is 5.69. The summed E-state index contributed by atoms with van der Waals surface area (Å²) in [6.07, 6.45) is 13.6. The lowest BCUT2D eigenvalue weighted by Gasteiger charge is -2.33. The van der Waals surface area contributed by atoms with Crippen molar-refractivity contribution in [1.29, 1.82) is 0 Å². The molecule has 2 bridgehead atoms. The topological polar surface area (TPSA) is 26.3 Å². The first-order chi connectivity index (χ1) is 12.0. The highest BCUT2D eigenvalue weighted by Crippen LogP contribution is 2.64. The van der Waals surface area contributed by atoms with Gasteiger partial charge in [0.1, 0.15) is 11.5 Å². The van der Waals surface area contributed by atoms with E-state index in [0.717, 1.165) is 43.6 Å². The molecule has 0 heterocycles. The van der Waals surface area contributed by atoms with Crippen LogP contribution in [-0.2, 0) is 4.79 Å². The second kappa shape index (κ2) is 7.19. The van der Waals surface area contributed by atoms with E-state index in [1.54, 1.807) is 0 Å². The molecule has 1 aromatic rings. The van der Waals surface area contributed by atoms with Crippen molar-refractivity contribution in [2.45, 2.75) is 52.9 Å². The van der Waals surface area contributed by atoms with Gasteiger partial charge in [0, 0.05) is 6.42 Å². The minimum Gasteiger partial charge on any atom is -0.494 e. The van der Waals surface area contributed by atoms with E-state index in [-0.39, 0.29) is 10.8 Å². The largest absolute Gasteiger partial charge is 0.494 e. The van der Waals surface area contributed by atoms with Gasteiger partial charge in [-0.15, -0.1) is 0 Å². The van der Waals surface area contributed by atoms with E-state index in [2.05, 4.69) is 57.2 Å². The molecule has 2 atom stereocenters. The van der Waals surface area contributed by atoms with Crippen LogP contribution in [0.5, 0.6) is 5.75 Å². The normalized spacial score (nSPS) is 27.6. The van der Waals surface area contributed by atoms with Crippen LogP contribution in [0.4, 0.5) is 0 Å². The van der Waals surface area contributed by atoms with Crippen molar-refractivity contribution < 1.29 is 9.53 Å². The van der Waals surface area contributed by atoms with Crippen LogP contribution in [0.15, 0.2) is 42.5 Å². The van der Waals surface area contributed by atoms with Crippen LogP contribution in [0.3, 0.4) is 0 Å². The Morgan fingerprint density at radius 3 is 2.56 bits per heavy atom. The first kappa shape index (κ1) is 18.0. The van der Waals surface area contributed by atoms with Crippen LogP contribution in [0.2, 0.25) is 0 Å². The summed E-state index contributed by atoms with van der Waals surface area (Å²) >= 11 is 0. The van der Waals surface area contributed by atoms with Gasteiger partial charge in [-0.05, 0) is 48.3 Å². The number of benzene rings is 1. The Morgan fingerprint density at radius 1 is 1.20 bits per heavy atom. The Labute approximate surface area is 152 Å². The third kappa shape index (κ3) is 3.31. The van der Waals surface area contributed by atoms with Crippen LogP contribution >= 0.6 is 0 Å². The molecule has 25 heavy (non-hydrogen) atoms. The highest BCUT2D eigenvalue weighted by molar-refractivity contribution is 5.91. The Balaban J connectivity index is 1.61. The van der Waals surface area contributed by atoms with Gasteiger partial charge in [-0.2, -0.15) is 0 Å². The van der Waals surface area contributed by atoms with Gasteiger partial charge >= 0.3 is 0 Å². The van der Waals surface area contributed by atoms with Crippen molar-refractivity contribution in [3.05, 3.63) is 48.1 Å². The molecule has 1 aromatic carbocycles. The molecule has 2 heteroatoms. The summed E-state index contributed by atoms with van der Waals surface area (Å²) in [6.45, 7) is 7.47. The predicted molar refractivity (Wildman–Crippen MR) is 104 cm³/mol. The molecule has 2 unspecified atom stereocenters. The minimum atomic E-state index is -0.237. The molecule has 2 aliphatic carbocycles. The Bertz CT molecular complexity index is 666. The second-order valence-electron chi connectivity index (χ2n) is 8.05. The van der Waals surface area contributed by atoms with Crippen molar-refractivity contribution in [3.8, 4) is 5.75 Å². The molecule has 0 spiro atoms. The fourth-order valence-corrected chi connectivity index (χ4v) is 4.50. The number of carbonyl (C=O) groups is 1. The van der Waals surface area contributed by atoms with E-state index >= 15 is 0 Å². The molecule has 2 fully saturated rings. The zero-order valence-corrected chi connectivity index (χ0v) is 15.8. The third-order valence-electron chi connectivity index (χ3n) is 6.41. The number of hydrogen-bond acceptors (Lipinski definition) is 2. The fourth-order valence-electron chi connectivity index (χ4n) is 4.50. The summed E-state index contributed by atoms with van der Waals surface area (Å²) in [6, 6.07) is 8.17. The Hall–Kier alpha value is -1.83. The van der Waals surface area contributed by atoms with Crippen molar-refractivity contribution in [2.24, 2.45) is 16.7 Å². The standard InChI is InChI=1S/C23H30O2/c1-4-5-16-25-20-11-9-18(10-12-20)8-6-7-14-23-15-13-19(17-21(23)24)22(23,2)3/h6-12,14,19H,4-5,13,15-17H2,1-3H3. The molecule has 0 aromatic heterocycles. The lowest BCUT2D eigenvalue weighted by Crippen LogP contribution is -2.33. The zero-order valence-electron chi connectivity index (χ0n) is 15.8. The van der Waals surface area contributed by atoms with Gasteiger partial charge in [-0.25, -0.2) is 0 Å². The van der Waals surface area contributed by atoms with Crippen LogP contribution < -0.4 is 4.74 Å². The number of rotatable bonds is 7. The SMILES string of the molecule is CCCCOc1ccc(C=CC=CC23CCC(CC2=O)C3(C)C)cc1. The molecule has 0 amide bonds. The highest BCUT2D eigenvalue weighted by Gasteiger charge is 2.62. The van der Waals surface area contributed by atoms with E-state index in [1.807, 2.05) is 12.1 Å². The summed E-state index contributed by atoms with van der Waals surface area (Å²) in [5.41, 5.74) is 1.01. The molecule has 0 saturated heterocycles. The Kier molecular flexibility index (Phi) is 5.17. The van der Waals surface area contributed by atoms with E-state index < -0.39 is 0 Å². The number of unbranched alkanes of at least 4 members (excludes halogenated alkanes) is 1. The van der Waals surface area contributed by atoms with Crippen LogP contribution in [0, 0.1) is 16.7 Å². The number of carbonyl (C=O) groups excluding carboxylic acids is 1. The average molecular weight is 338 g/mol. The van der Waals surface area contributed by atoms with Gasteiger partial charge in [0.25, 0.3) is 0 Å². The number of Topliss-reactive ketones (excluding diaryl/α,β-unsaturated/α-hetero) is 1. The molecule has 2 nitrogen and oxygen atoms in total. The molecule has 134 valence electrons. The quantitative estimate of drug-likeness (QED) is 0.462. The van der Waals surface area contributed by atoms with Crippen molar-refractivity contribution >= 4 is 11.9 Å². The van der Waals surface area contributed by atoms with Crippen molar-refractivity contribution in [1.82, 2.24) is 0 Å². The van der Waals surface area contributed by atoms with Crippen molar-refractivity contribution in [3.63, 3.8) is 0 Å². The van der Waals surface area contributed by atoms with Gasteiger partial charge in [0.2, 0.25) is 0 Å². The molecule has 0 radical (unpaired) electrons. The second-order valence-corrected chi connectivity index (χ2v) is 8.05. The summed E-state index contributed by atoms with van der Waals surface area (Å²) in [5, 5.41) is 0. The first-order valence-electron chi connectivity index (χ1n) is 9.62. The summed E-state index contributed by atoms with van der Waals surface area (Å²) in [7, 11) is 0. The molecule has 2 aliphatic rings. The molecular weight excluding hydrogens is 308 g/mol. The number of fused-ring (bicyclic) bond motifs is 2. The van der Waals surface area contributed by atoms with E-state index in [0.29, 0.717) is 11.7 Å². The van der Waals surface area contributed by atoms with E-state index in [1.165, 1.54) is 6.42 Å². The number of ketones is 1. The number of ether oxygens (including phenoxy) is 1. The molecule has 0 aliphatic heterocycles. The van der Waals surface area contributed by atoms with Gasteiger partial charge in [0.15, 0.2) is 0 Å². The molecule has 2 saturated carbocycles. The summed E-state index contributed by atoms with van der Waals surface area (Å²) in [5.74, 6) is 1.93.